The van der Waals surface area contributed by atoms with E-state index in [1.165, 1.54) is 0 Å². The summed E-state index contributed by atoms with van der Waals surface area (Å²) in [6, 6.07) is 9.76. The van der Waals surface area contributed by atoms with Crippen molar-refractivity contribution in [3.05, 3.63) is 35.9 Å². The van der Waals surface area contributed by atoms with Crippen molar-refractivity contribution in [3.8, 4) is 0 Å². The lowest BCUT2D eigenvalue weighted by molar-refractivity contribution is -0.166. The molecule has 0 N–H and O–H groups in total. The molecule has 0 radical (unpaired) electrons. The monoisotopic (exact) mass is 318 g/mol. The number of rotatable bonds is 8. The molecule has 1 aliphatic rings. The molecular weight excluding hydrogens is 296 g/mol. The lowest BCUT2D eigenvalue weighted by Gasteiger charge is -2.15. The zero-order valence-corrected chi connectivity index (χ0v) is 13.5. The highest BCUT2D eigenvalue weighted by molar-refractivity contribution is 6.08. The summed E-state index contributed by atoms with van der Waals surface area (Å²) in [7, 11) is 0. The van der Waals surface area contributed by atoms with E-state index >= 15 is 0 Å². The second-order valence-corrected chi connectivity index (χ2v) is 5.60. The molecule has 0 aliphatic heterocycles. The van der Waals surface area contributed by atoms with Gasteiger partial charge in [-0.25, -0.2) is 0 Å². The number of ether oxygens (including phenoxy) is 2. The fraction of sp³-hybridized carbons (Fsp3) is 0.500. The van der Waals surface area contributed by atoms with Crippen molar-refractivity contribution < 1.29 is 23.9 Å². The maximum absolute atomic E-state index is 12.4. The summed E-state index contributed by atoms with van der Waals surface area (Å²) in [5.41, 5.74) is -0.353. The van der Waals surface area contributed by atoms with Gasteiger partial charge in [-0.3, -0.25) is 9.59 Å². The van der Waals surface area contributed by atoms with E-state index in [1.54, 1.807) is 13.8 Å². The van der Waals surface area contributed by atoms with E-state index in [4.69, 9.17) is 9.47 Å². The predicted octanol–water partition coefficient (Wildman–Crippen LogP) is 2.18. The van der Waals surface area contributed by atoms with Crippen molar-refractivity contribution in [2.75, 3.05) is 13.2 Å². The number of aryl methyl sites for hydroxylation is 1. The highest BCUT2D eigenvalue weighted by Gasteiger charge is 2.76. The van der Waals surface area contributed by atoms with Crippen LogP contribution < -0.4 is 0 Å². The van der Waals surface area contributed by atoms with Crippen LogP contribution in [-0.2, 0) is 30.3 Å². The average Bonchev–Trinajstić information content (AvgIpc) is 3.23. The molecule has 0 saturated heterocycles. The van der Waals surface area contributed by atoms with E-state index in [0.29, 0.717) is 19.1 Å². The Morgan fingerprint density at radius 3 is 2.13 bits per heavy atom. The zero-order chi connectivity index (χ0) is 16.9. The maximum Gasteiger partial charge on any atom is 0.324 e. The Morgan fingerprint density at radius 1 is 1.09 bits per heavy atom. The lowest BCUT2D eigenvalue weighted by Crippen LogP contribution is -2.33. The summed E-state index contributed by atoms with van der Waals surface area (Å²) >= 11 is 0. The molecule has 0 spiro atoms. The van der Waals surface area contributed by atoms with Gasteiger partial charge in [0.15, 0.2) is 5.41 Å². The second kappa shape index (κ2) is 7.40. The minimum Gasteiger partial charge on any atom is -0.465 e. The first-order chi connectivity index (χ1) is 11.1. The molecule has 2 atom stereocenters. The van der Waals surface area contributed by atoms with Gasteiger partial charge in [-0.05, 0) is 38.2 Å². The third-order valence-electron chi connectivity index (χ3n) is 4.39. The Morgan fingerprint density at radius 2 is 1.65 bits per heavy atom. The van der Waals surface area contributed by atoms with Crippen LogP contribution in [-0.4, -0.2) is 31.4 Å². The molecule has 0 unspecified atom stereocenters. The normalized spacial score (nSPS) is 21.3. The number of hydrogen-bond acceptors (Lipinski definition) is 5. The lowest BCUT2D eigenvalue weighted by atomic mass is 9.99. The minimum atomic E-state index is -1.46. The Balaban J connectivity index is 2.17. The molecular formula is C18H22O5. The minimum absolute atomic E-state index is 0.164. The summed E-state index contributed by atoms with van der Waals surface area (Å²) in [5, 5.41) is 0. The number of carbonyl (C=O) groups is 3. The molecule has 1 saturated carbocycles. The fourth-order valence-electron chi connectivity index (χ4n) is 3.22. The van der Waals surface area contributed by atoms with Crippen molar-refractivity contribution in [2.24, 2.45) is 17.3 Å². The molecule has 0 bridgehead atoms. The zero-order valence-electron chi connectivity index (χ0n) is 13.5. The standard InChI is InChI=1S/C18H22O5/c1-3-22-16(20)18(17(21)23-4-2)14(15(18)12-19)11-10-13-8-6-5-7-9-13/h5-9,12,14-15H,3-4,10-11H2,1-2H3/t14-,15-/m1/s1. The van der Waals surface area contributed by atoms with E-state index in [-0.39, 0.29) is 19.1 Å². The van der Waals surface area contributed by atoms with Crippen molar-refractivity contribution >= 4 is 18.2 Å². The average molecular weight is 318 g/mol. The summed E-state index contributed by atoms with van der Waals surface area (Å²) in [6.07, 6.45) is 1.94. The Kier molecular flexibility index (Phi) is 5.53. The summed E-state index contributed by atoms with van der Waals surface area (Å²) in [4.78, 5) is 36.1. The SMILES string of the molecule is CCOC(=O)C1(C(=O)OCC)[C@H](C=O)[C@H]1CCc1ccccc1. The van der Waals surface area contributed by atoms with Gasteiger partial charge in [0.2, 0.25) is 0 Å². The van der Waals surface area contributed by atoms with Crippen LogP contribution in [0.2, 0.25) is 0 Å². The molecule has 124 valence electrons. The van der Waals surface area contributed by atoms with Crippen LogP contribution in [0.3, 0.4) is 0 Å². The molecule has 5 heteroatoms. The van der Waals surface area contributed by atoms with Crippen LogP contribution in [0.5, 0.6) is 0 Å². The van der Waals surface area contributed by atoms with E-state index in [1.807, 2.05) is 30.3 Å². The van der Waals surface area contributed by atoms with Crippen LogP contribution in [0.25, 0.3) is 0 Å². The van der Waals surface area contributed by atoms with Gasteiger partial charge in [0.1, 0.15) is 6.29 Å². The molecule has 1 aliphatic carbocycles. The van der Waals surface area contributed by atoms with Crippen molar-refractivity contribution in [1.29, 1.82) is 0 Å². The van der Waals surface area contributed by atoms with Crippen molar-refractivity contribution in [2.45, 2.75) is 26.7 Å². The van der Waals surface area contributed by atoms with Gasteiger partial charge in [0, 0.05) is 5.92 Å². The number of benzene rings is 1. The van der Waals surface area contributed by atoms with Crippen LogP contribution in [0.15, 0.2) is 30.3 Å². The molecule has 1 aromatic rings. The van der Waals surface area contributed by atoms with Gasteiger partial charge < -0.3 is 14.3 Å². The second-order valence-electron chi connectivity index (χ2n) is 5.60. The van der Waals surface area contributed by atoms with Crippen molar-refractivity contribution in [1.82, 2.24) is 0 Å². The Bertz CT molecular complexity index is 548. The molecule has 0 aromatic heterocycles. The first-order valence-corrected chi connectivity index (χ1v) is 7.96. The highest BCUT2D eigenvalue weighted by Crippen LogP contribution is 2.61. The fourth-order valence-corrected chi connectivity index (χ4v) is 3.22. The first kappa shape index (κ1) is 17.2. The van der Waals surface area contributed by atoms with E-state index in [9.17, 15) is 14.4 Å². The first-order valence-electron chi connectivity index (χ1n) is 7.96. The van der Waals surface area contributed by atoms with E-state index < -0.39 is 23.3 Å². The number of esters is 2. The Hall–Kier alpha value is -2.17. The third kappa shape index (κ3) is 3.14. The van der Waals surface area contributed by atoms with Crippen LogP contribution >= 0.6 is 0 Å². The summed E-state index contributed by atoms with van der Waals surface area (Å²) in [5.74, 6) is -2.31. The molecule has 0 heterocycles. The smallest absolute Gasteiger partial charge is 0.324 e. The van der Waals surface area contributed by atoms with Gasteiger partial charge in [-0.1, -0.05) is 30.3 Å². The molecule has 0 amide bonds. The quantitative estimate of drug-likeness (QED) is 0.417. The topological polar surface area (TPSA) is 69.7 Å². The van der Waals surface area contributed by atoms with E-state index in [2.05, 4.69) is 0 Å². The Labute approximate surface area is 136 Å². The summed E-state index contributed by atoms with van der Waals surface area (Å²) in [6.45, 7) is 3.68. The number of hydrogen-bond donors (Lipinski definition) is 0. The van der Waals surface area contributed by atoms with E-state index in [0.717, 1.165) is 5.56 Å². The molecule has 1 fully saturated rings. The predicted molar refractivity (Wildman–Crippen MR) is 83.5 cm³/mol. The largest absolute Gasteiger partial charge is 0.465 e. The van der Waals surface area contributed by atoms with Gasteiger partial charge in [0.05, 0.1) is 13.2 Å². The molecule has 2 rings (SSSR count). The van der Waals surface area contributed by atoms with Crippen LogP contribution in [0.4, 0.5) is 0 Å². The van der Waals surface area contributed by atoms with Gasteiger partial charge in [-0.15, -0.1) is 0 Å². The van der Waals surface area contributed by atoms with Crippen molar-refractivity contribution in [3.63, 3.8) is 0 Å². The molecule has 5 nitrogen and oxygen atoms in total. The van der Waals surface area contributed by atoms with Gasteiger partial charge in [0.25, 0.3) is 0 Å². The summed E-state index contributed by atoms with van der Waals surface area (Å²) < 4.78 is 10.1. The van der Waals surface area contributed by atoms with Crippen LogP contribution in [0.1, 0.15) is 25.8 Å². The molecule has 23 heavy (non-hydrogen) atoms. The number of carbonyl (C=O) groups excluding carboxylic acids is 3. The van der Waals surface area contributed by atoms with Gasteiger partial charge in [-0.2, -0.15) is 0 Å². The molecule has 1 aromatic carbocycles. The highest BCUT2D eigenvalue weighted by atomic mass is 16.6. The van der Waals surface area contributed by atoms with Crippen LogP contribution in [0, 0.1) is 17.3 Å². The number of aldehydes is 1. The third-order valence-corrected chi connectivity index (χ3v) is 4.39. The maximum atomic E-state index is 12.4. The van der Waals surface area contributed by atoms with Gasteiger partial charge >= 0.3 is 11.9 Å².